The lowest BCUT2D eigenvalue weighted by Crippen LogP contribution is -2.59. The van der Waals surface area contributed by atoms with Crippen molar-refractivity contribution >= 4 is 53.1 Å². The van der Waals surface area contributed by atoms with Gasteiger partial charge in [0.2, 0.25) is 5.91 Å². The maximum Gasteiger partial charge on any atom is 0.410 e. The number of benzene rings is 2. The van der Waals surface area contributed by atoms with E-state index in [0.29, 0.717) is 21.8 Å². The molecule has 13 nitrogen and oxygen atoms in total. The molecule has 0 saturated carbocycles. The third-order valence-corrected chi connectivity index (χ3v) is 9.44. The molecule has 6 amide bonds. The van der Waals surface area contributed by atoms with E-state index in [0.717, 1.165) is 16.0 Å². The fourth-order valence-corrected chi connectivity index (χ4v) is 6.43. The second kappa shape index (κ2) is 13.5. The van der Waals surface area contributed by atoms with Crippen LogP contribution in [-0.2, 0) is 32.2 Å². The van der Waals surface area contributed by atoms with E-state index >= 15 is 0 Å². The highest BCUT2D eigenvalue weighted by Gasteiger charge is 2.49. The van der Waals surface area contributed by atoms with Crippen molar-refractivity contribution in [2.24, 2.45) is 5.41 Å². The number of aliphatic carboxylic acids is 1. The summed E-state index contributed by atoms with van der Waals surface area (Å²) in [5.41, 5.74) is 1.13. The maximum absolute atomic E-state index is 13.8. The maximum atomic E-state index is 13.8. The van der Waals surface area contributed by atoms with Gasteiger partial charge in [-0.1, -0.05) is 29.8 Å². The smallest absolute Gasteiger partial charge is 0.410 e. The number of imide groups is 1. The summed E-state index contributed by atoms with van der Waals surface area (Å²) in [5, 5.41) is 16.3. The third-order valence-electron chi connectivity index (χ3n) is 9.03. The van der Waals surface area contributed by atoms with Crippen molar-refractivity contribution in [2.45, 2.75) is 78.1 Å². The Kier molecular flexibility index (Phi) is 9.72. The number of fused-ring (bicyclic) bond motifs is 1. The van der Waals surface area contributed by atoms with Gasteiger partial charge in [0.15, 0.2) is 0 Å². The van der Waals surface area contributed by atoms with E-state index < -0.39 is 47.0 Å². The van der Waals surface area contributed by atoms with Gasteiger partial charge >= 0.3 is 18.1 Å². The molecule has 1 unspecified atom stereocenters. The molecule has 1 atom stereocenters. The lowest BCUT2D eigenvalue weighted by molar-refractivity contribution is -0.161. The summed E-state index contributed by atoms with van der Waals surface area (Å²) in [7, 11) is 0. The Morgan fingerprint density at radius 2 is 1.77 bits per heavy atom. The first kappa shape index (κ1) is 34.7. The van der Waals surface area contributed by atoms with Gasteiger partial charge in [-0.05, 0) is 81.8 Å². The number of piperidine rings is 2. The van der Waals surface area contributed by atoms with Crippen LogP contribution in [0.1, 0.15) is 73.5 Å². The largest absolute Gasteiger partial charge is 0.481 e. The molecule has 48 heavy (non-hydrogen) atoms. The first-order chi connectivity index (χ1) is 22.6. The molecule has 3 aliphatic rings. The van der Waals surface area contributed by atoms with Crippen LogP contribution in [-0.4, -0.2) is 86.9 Å². The molecule has 0 aliphatic carbocycles. The number of nitrogens with zero attached hydrogens (tertiary/aromatic N) is 3. The molecule has 2 aromatic rings. The van der Waals surface area contributed by atoms with Gasteiger partial charge in [0, 0.05) is 55.4 Å². The standard InChI is InChI=1S/C34H40ClN5O8/c1-20-5-7-23(16-25(20)35)37-31(46)36-17-21-6-8-24-22(15-21)18-39(28(24)42)26-9-10-27(41)40(29(26)43)19-34(30(44)45)11-13-38(14-12-34)32(47)48-33(2,3)4/h5-8,15-16,26H,9-14,17-19H2,1-4H3,(H,44,45)(H2,36,37,46). The Balaban J connectivity index is 1.22. The number of ether oxygens (including phenoxy) is 1. The normalized spacial score (nSPS) is 19.2. The Hall–Kier alpha value is -4.65. The molecule has 2 fully saturated rings. The summed E-state index contributed by atoms with van der Waals surface area (Å²) in [6.07, 6.45) is -0.380. The number of carboxylic acids is 1. The Morgan fingerprint density at radius 1 is 1.06 bits per heavy atom. The molecule has 5 rings (SSSR count). The molecule has 3 aliphatic heterocycles. The zero-order valence-electron chi connectivity index (χ0n) is 27.4. The van der Waals surface area contributed by atoms with E-state index in [-0.39, 0.29) is 64.3 Å². The van der Waals surface area contributed by atoms with Crippen molar-refractivity contribution in [3.63, 3.8) is 0 Å². The molecule has 3 heterocycles. The minimum atomic E-state index is -1.44. The van der Waals surface area contributed by atoms with E-state index in [2.05, 4.69) is 10.6 Å². The predicted octanol–water partition coefficient (Wildman–Crippen LogP) is 4.55. The molecule has 2 aromatic carbocycles. The van der Waals surface area contributed by atoms with Crippen molar-refractivity contribution in [2.75, 3.05) is 25.0 Å². The van der Waals surface area contributed by atoms with Crippen LogP contribution in [0.25, 0.3) is 0 Å². The Morgan fingerprint density at radius 3 is 2.42 bits per heavy atom. The number of hydrogen-bond donors (Lipinski definition) is 3. The molecule has 0 spiro atoms. The number of halogens is 1. The summed E-state index contributed by atoms with van der Waals surface area (Å²) in [5.74, 6) is -2.62. The van der Waals surface area contributed by atoms with Gasteiger partial charge in [-0.2, -0.15) is 0 Å². The Bertz CT molecular complexity index is 1660. The molecule has 0 aromatic heterocycles. The average Bonchev–Trinajstić information content (AvgIpc) is 3.34. The zero-order chi connectivity index (χ0) is 35.0. The van der Waals surface area contributed by atoms with Gasteiger partial charge in [-0.25, -0.2) is 9.59 Å². The number of carboxylic acid groups (broad SMARTS) is 1. The number of aryl methyl sites for hydroxylation is 1. The number of hydrogen-bond acceptors (Lipinski definition) is 7. The van der Waals surface area contributed by atoms with Crippen LogP contribution in [0, 0.1) is 12.3 Å². The van der Waals surface area contributed by atoms with E-state index in [4.69, 9.17) is 16.3 Å². The minimum absolute atomic E-state index is 0.0211. The number of likely N-dealkylation sites (tertiary alicyclic amines) is 2. The topological polar surface area (TPSA) is 166 Å². The molecular formula is C34H40ClN5O8. The molecule has 0 radical (unpaired) electrons. The predicted molar refractivity (Wildman–Crippen MR) is 175 cm³/mol. The zero-order valence-corrected chi connectivity index (χ0v) is 28.2. The second-order valence-corrected chi connectivity index (χ2v) is 14.0. The number of rotatable bonds is 7. The van der Waals surface area contributed by atoms with Crippen LogP contribution in [0.3, 0.4) is 0 Å². The fourth-order valence-electron chi connectivity index (χ4n) is 6.25. The highest BCUT2D eigenvalue weighted by atomic mass is 35.5. The lowest BCUT2D eigenvalue weighted by Gasteiger charge is -2.43. The van der Waals surface area contributed by atoms with E-state index in [9.17, 15) is 33.9 Å². The van der Waals surface area contributed by atoms with Crippen molar-refractivity contribution < 1.29 is 38.6 Å². The minimum Gasteiger partial charge on any atom is -0.481 e. The number of nitrogens with one attached hydrogen (secondary N) is 2. The van der Waals surface area contributed by atoms with Gasteiger partial charge in [0.1, 0.15) is 11.6 Å². The first-order valence-electron chi connectivity index (χ1n) is 15.9. The highest BCUT2D eigenvalue weighted by Crippen LogP contribution is 2.36. The summed E-state index contributed by atoms with van der Waals surface area (Å²) in [6.45, 7) is 7.24. The van der Waals surface area contributed by atoms with E-state index in [1.165, 1.54) is 9.80 Å². The van der Waals surface area contributed by atoms with Crippen molar-refractivity contribution in [3.8, 4) is 0 Å². The van der Waals surface area contributed by atoms with Crippen LogP contribution >= 0.6 is 11.6 Å². The monoisotopic (exact) mass is 681 g/mol. The van der Waals surface area contributed by atoms with Crippen LogP contribution in [0.4, 0.5) is 15.3 Å². The van der Waals surface area contributed by atoms with Crippen LogP contribution < -0.4 is 10.6 Å². The first-order valence-corrected chi connectivity index (χ1v) is 16.2. The van der Waals surface area contributed by atoms with Crippen molar-refractivity contribution in [1.82, 2.24) is 20.0 Å². The number of anilines is 1. The van der Waals surface area contributed by atoms with Gasteiger partial charge < -0.3 is 30.3 Å². The molecule has 2 saturated heterocycles. The number of urea groups is 1. The summed E-state index contributed by atoms with van der Waals surface area (Å²) in [4.78, 5) is 81.7. The van der Waals surface area contributed by atoms with Gasteiger partial charge in [0.25, 0.3) is 11.8 Å². The van der Waals surface area contributed by atoms with Crippen molar-refractivity contribution in [3.05, 3.63) is 63.7 Å². The van der Waals surface area contributed by atoms with Crippen LogP contribution in [0.2, 0.25) is 5.02 Å². The number of carbonyl (C=O) groups excluding carboxylic acids is 5. The van der Waals surface area contributed by atoms with Gasteiger partial charge in [-0.15, -0.1) is 0 Å². The summed E-state index contributed by atoms with van der Waals surface area (Å²) in [6, 6.07) is 9.00. The van der Waals surface area contributed by atoms with E-state index in [1.54, 1.807) is 57.2 Å². The van der Waals surface area contributed by atoms with Crippen molar-refractivity contribution in [1.29, 1.82) is 0 Å². The Labute approximate surface area is 283 Å². The quantitative estimate of drug-likeness (QED) is 0.358. The van der Waals surface area contributed by atoms with Crippen LogP contribution in [0.15, 0.2) is 36.4 Å². The lowest BCUT2D eigenvalue weighted by atomic mass is 9.77. The van der Waals surface area contributed by atoms with E-state index in [1.807, 2.05) is 6.92 Å². The molecule has 14 heteroatoms. The summed E-state index contributed by atoms with van der Waals surface area (Å²) < 4.78 is 5.42. The molecule has 0 bridgehead atoms. The van der Waals surface area contributed by atoms with Gasteiger partial charge in [-0.3, -0.25) is 24.1 Å². The molecular weight excluding hydrogens is 642 g/mol. The SMILES string of the molecule is Cc1ccc(NC(=O)NCc2ccc3c(c2)CN(C2CCC(=O)N(CC4(C(=O)O)CCN(C(=O)OC(C)(C)C)CC4)C2=O)C3=O)cc1Cl. The second-order valence-electron chi connectivity index (χ2n) is 13.6. The number of carbonyl (C=O) groups is 6. The molecule has 256 valence electrons. The van der Waals surface area contributed by atoms with Crippen LogP contribution in [0.5, 0.6) is 0 Å². The third kappa shape index (κ3) is 7.40. The fraction of sp³-hybridized carbons (Fsp3) is 0.471. The average molecular weight is 682 g/mol. The highest BCUT2D eigenvalue weighted by molar-refractivity contribution is 6.31. The van der Waals surface area contributed by atoms with Gasteiger partial charge in [0.05, 0.1) is 5.41 Å². The summed E-state index contributed by atoms with van der Waals surface area (Å²) >= 11 is 6.14. The number of amides is 6. The molecule has 3 N–H and O–H groups in total.